The summed E-state index contributed by atoms with van der Waals surface area (Å²) in [5.41, 5.74) is 0.552. The minimum atomic E-state index is -0.502. The molecule has 0 saturated carbocycles. The SMILES string of the molecule is Cn1cc(C2CN(C(=O)OC(C)(C)C)CC2CO)cn1. The monoisotopic (exact) mass is 281 g/mol. The van der Waals surface area contributed by atoms with Crippen LogP contribution in [0.25, 0.3) is 0 Å². The first-order valence-electron chi connectivity index (χ1n) is 6.87. The predicted molar refractivity (Wildman–Crippen MR) is 74.3 cm³/mol. The van der Waals surface area contributed by atoms with Crippen molar-refractivity contribution in [3.63, 3.8) is 0 Å². The highest BCUT2D eigenvalue weighted by Gasteiger charge is 2.38. The maximum absolute atomic E-state index is 12.1. The van der Waals surface area contributed by atoms with Crippen LogP contribution in [-0.4, -0.2) is 51.2 Å². The van der Waals surface area contributed by atoms with Crippen molar-refractivity contribution in [2.45, 2.75) is 32.3 Å². The minimum Gasteiger partial charge on any atom is -0.444 e. The third-order valence-corrected chi connectivity index (χ3v) is 3.48. The molecule has 1 saturated heterocycles. The molecule has 2 heterocycles. The molecule has 1 N–H and O–H groups in total. The first-order valence-corrected chi connectivity index (χ1v) is 6.87. The Morgan fingerprint density at radius 3 is 2.70 bits per heavy atom. The Labute approximate surface area is 119 Å². The van der Waals surface area contributed by atoms with Crippen LogP contribution in [0.15, 0.2) is 12.4 Å². The second-order valence-electron chi connectivity index (χ2n) is 6.38. The van der Waals surface area contributed by atoms with E-state index in [1.165, 1.54) is 0 Å². The Morgan fingerprint density at radius 1 is 1.50 bits per heavy atom. The van der Waals surface area contributed by atoms with Gasteiger partial charge in [0.2, 0.25) is 0 Å². The Bertz CT molecular complexity index is 478. The van der Waals surface area contributed by atoms with Crippen LogP contribution in [-0.2, 0) is 11.8 Å². The lowest BCUT2D eigenvalue weighted by molar-refractivity contribution is 0.0283. The molecule has 1 fully saturated rings. The van der Waals surface area contributed by atoms with E-state index in [2.05, 4.69) is 5.10 Å². The van der Waals surface area contributed by atoms with E-state index in [4.69, 9.17) is 4.74 Å². The van der Waals surface area contributed by atoms with Crippen molar-refractivity contribution in [2.24, 2.45) is 13.0 Å². The second kappa shape index (κ2) is 5.44. The van der Waals surface area contributed by atoms with Gasteiger partial charge in [-0.1, -0.05) is 0 Å². The van der Waals surface area contributed by atoms with Gasteiger partial charge in [-0.25, -0.2) is 4.79 Å². The normalized spacial score (nSPS) is 23.1. The molecule has 2 rings (SSSR count). The molecule has 6 nitrogen and oxygen atoms in total. The van der Waals surface area contributed by atoms with Crippen LogP contribution in [0.1, 0.15) is 32.3 Å². The maximum atomic E-state index is 12.1. The number of likely N-dealkylation sites (tertiary alicyclic amines) is 1. The standard InChI is InChI=1S/C14H23N3O3/c1-14(2,3)20-13(19)17-7-11(9-18)12(8-17)10-5-15-16(4)6-10/h5-6,11-12,18H,7-9H2,1-4H3. The summed E-state index contributed by atoms with van der Waals surface area (Å²) in [7, 11) is 1.86. The van der Waals surface area contributed by atoms with Crippen molar-refractivity contribution in [1.29, 1.82) is 0 Å². The number of hydrogen-bond donors (Lipinski definition) is 1. The van der Waals surface area contributed by atoms with Gasteiger partial charge in [0, 0.05) is 44.8 Å². The zero-order chi connectivity index (χ0) is 14.9. The summed E-state index contributed by atoms with van der Waals surface area (Å²) in [5, 5.41) is 13.7. The molecule has 1 amide bonds. The van der Waals surface area contributed by atoms with Crippen LogP contribution in [0.3, 0.4) is 0 Å². The summed E-state index contributed by atoms with van der Waals surface area (Å²) in [4.78, 5) is 13.8. The third kappa shape index (κ3) is 3.30. The molecule has 1 aliphatic rings. The van der Waals surface area contributed by atoms with Crippen molar-refractivity contribution < 1.29 is 14.6 Å². The van der Waals surface area contributed by atoms with Crippen LogP contribution in [0.4, 0.5) is 4.79 Å². The minimum absolute atomic E-state index is 0.0340. The smallest absolute Gasteiger partial charge is 0.410 e. The van der Waals surface area contributed by atoms with E-state index < -0.39 is 5.60 Å². The highest BCUT2D eigenvalue weighted by atomic mass is 16.6. The summed E-state index contributed by atoms with van der Waals surface area (Å²) in [6.07, 6.45) is 3.42. The first-order chi connectivity index (χ1) is 9.30. The van der Waals surface area contributed by atoms with Crippen molar-refractivity contribution in [3.05, 3.63) is 18.0 Å². The summed E-state index contributed by atoms with van der Waals surface area (Å²) < 4.78 is 7.12. The van der Waals surface area contributed by atoms with Crippen LogP contribution in [0, 0.1) is 5.92 Å². The predicted octanol–water partition coefficient (Wildman–Crippen LogP) is 1.36. The molecule has 1 aromatic rings. The van der Waals surface area contributed by atoms with E-state index in [0.717, 1.165) is 5.56 Å². The number of aryl methyl sites for hydroxylation is 1. The van der Waals surface area contributed by atoms with Gasteiger partial charge in [-0.05, 0) is 26.3 Å². The summed E-state index contributed by atoms with van der Waals surface area (Å²) in [5.74, 6) is 0.146. The van der Waals surface area contributed by atoms with Crippen molar-refractivity contribution in [3.8, 4) is 0 Å². The second-order valence-corrected chi connectivity index (χ2v) is 6.38. The van der Waals surface area contributed by atoms with Gasteiger partial charge in [-0.15, -0.1) is 0 Å². The summed E-state index contributed by atoms with van der Waals surface area (Å²) >= 11 is 0. The fourth-order valence-electron chi connectivity index (χ4n) is 2.54. The number of ether oxygens (including phenoxy) is 1. The molecule has 0 aromatic carbocycles. The highest BCUT2D eigenvalue weighted by Crippen LogP contribution is 2.32. The van der Waals surface area contributed by atoms with Crippen LogP contribution < -0.4 is 0 Å². The average Bonchev–Trinajstić information content (AvgIpc) is 2.92. The van der Waals surface area contributed by atoms with Gasteiger partial charge >= 0.3 is 6.09 Å². The van der Waals surface area contributed by atoms with Gasteiger partial charge in [0.15, 0.2) is 0 Å². The van der Waals surface area contributed by atoms with E-state index in [-0.39, 0.29) is 24.5 Å². The fourth-order valence-corrected chi connectivity index (χ4v) is 2.54. The number of hydrogen-bond acceptors (Lipinski definition) is 4. The van der Waals surface area contributed by atoms with Crippen molar-refractivity contribution in [2.75, 3.05) is 19.7 Å². The maximum Gasteiger partial charge on any atom is 0.410 e. The lowest BCUT2D eigenvalue weighted by atomic mass is 9.92. The number of aliphatic hydroxyl groups excluding tert-OH is 1. The van der Waals surface area contributed by atoms with Crippen LogP contribution >= 0.6 is 0 Å². The number of aromatic nitrogens is 2. The number of carbonyl (C=O) groups excluding carboxylic acids is 1. The van der Waals surface area contributed by atoms with Gasteiger partial charge in [0.25, 0.3) is 0 Å². The van der Waals surface area contributed by atoms with E-state index >= 15 is 0 Å². The summed E-state index contributed by atoms with van der Waals surface area (Å²) in [6, 6.07) is 0. The third-order valence-electron chi connectivity index (χ3n) is 3.48. The molecule has 0 radical (unpaired) electrons. The number of aliphatic hydroxyl groups is 1. The topological polar surface area (TPSA) is 67.6 Å². The molecule has 2 atom stereocenters. The van der Waals surface area contributed by atoms with Crippen molar-refractivity contribution >= 4 is 6.09 Å². The van der Waals surface area contributed by atoms with Crippen molar-refractivity contribution in [1.82, 2.24) is 14.7 Å². The molecule has 20 heavy (non-hydrogen) atoms. The Kier molecular flexibility index (Phi) is 4.04. The van der Waals surface area contributed by atoms with E-state index in [1.54, 1.807) is 15.8 Å². The number of amides is 1. The van der Waals surface area contributed by atoms with Crippen LogP contribution in [0.2, 0.25) is 0 Å². The van der Waals surface area contributed by atoms with Gasteiger partial charge in [0.1, 0.15) is 5.60 Å². The Balaban J connectivity index is 2.08. The van der Waals surface area contributed by atoms with Gasteiger partial charge in [-0.3, -0.25) is 4.68 Å². The summed E-state index contributed by atoms with van der Waals surface area (Å²) in [6.45, 7) is 6.69. The zero-order valence-corrected chi connectivity index (χ0v) is 12.5. The first kappa shape index (κ1) is 14.8. The number of rotatable bonds is 2. The molecule has 2 unspecified atom stereocenters. The molecule has 1 aromatic heterocycles. The molecular weight excluding hydrogens is 258 g/mol. The highest BCUT2D eigenvalue weighted by molar-refractivity contribution is 5.68. The lowest BCUT2D eigenvalue weighted by Gasteiger charge is -2.24. The zero-order valence-electron chi connectivity index (χ0n) is 12.5. The largest absolute Gasteiger partial charge is 0.444 e. The molecular formula is C14H23N3O3. The average molecular weight is 281 g/mol. The molecule has 1 aliphatic heterocycles. The molecule has 112 valence electrons. The van der Waals surface area contributed by atoms with Gasteiger partial charge in [-0.2, -0.15) is 5.10 Å². The lowest BCUT2D eigenvalue weighted by Crippen LogP contribution is -2.35. The molecule has 0 aliphatic carbocycles. The molecule has 6 heteroatoms. The number of nitrogens with zero attached hydrogens (tertiary/aromatic N) is 3. The molecule has 0 spiro atoms. The van der Waals surface area contributed by atoms with E-state index in [0.29, 0.717) is 13.1 Å². The van der Waals surface area contributed by atoms with Crippen LogP contribution in [0.5, 0.6) is 0 Å². The van der Waals surface area contributed by atoms with Gasteiger partial charge < -0.3 is 14.7 Å². The van der Waals surface area contributed by atoms with E-state index in [9.17, 15) is 9.90 Å². The number of carbonyl (C=O) groups is 1. The fraction of sp³-hybridized carbons (Fsp3) is 0.714. The van der Waals surface area contributed by atoms with Gasteiger partial charge in [0.05, 0.1) is 6.20 Å². The quantitative estimate of drug-likeness (QED) is 0.889. The Hall–Kier alpha value is -1.56. The molecule has 0 bridgehead atoms. The van der Waals surface area contributed by atoms with E-state index in [1.807, 2.05) is 34.0 Å². The Morgan fingerprint density at radius 2 is 2.20 bits per heavy atom.